The number of rotatable bonds is 2. The number of nitrogens with two attached hydrogens (primary N) is 1. The number of carbonyl (C=O) groups excluding carboxylic acids is 1. The van der Waals surface area contributed by atoms with Gasteiger partial charge in [-0.25, -0.2) is 9.78 Å². The van der Waals surface area contributed by atoms with Gasteiger partial charge in [0.15, 0.2) is 6.61 Å². The third-order valence-electron chi connectivity index (χ3n) is 4.36. The van der Waals surface area contributed by atoms with E-state index in [0.29, 0.717) is 28.2 Å². The van der Waals surface area contributed by atoms with E-state index in [1.54, 1.807) is 0 Å². The lowest BCUT2D eigenvalue weighted by Crippen LogP contribution is -2.25. The zero-order chi connectivity index (χ0) is 21.3. The molecule has 0 radical (unpaired) electrons. The van der Waals surface area contributed by atoms with Crippen LogP contribution in [0.15, 0.2) is 47.3 Å². The Morgan fingerprint density at radius 3 is 2.74 bits per heavy atom. The molecule has 2 aromatic heterocycles. The van der Waals surface area contributed by atoms with Crippen LogP contribution < -0.4 is 21.3 Å². The standard InChI is InChI=1S/C11H6N2O3S.C9H10N2O2.ClH/c14-9-7-5-3-1-2-4-6(5)17-10(7)13-8(12-9)11(15)16;10-4-6-1-2-8-7(3-6)11-9(12)5-13-8;/h1-4H,(H,15,16)(H,12,13,14);1-3H,4-5,10H2,(H,11,12);1H. The van der Waals surface area contributed by atoms with Crippen LogP contribution in [0.4, 0.5) is 5.69 Å². The molecule has 0 spiro atoms. The number of nitrogens with one attached hydrogen (secondary N) is 2. The van der Waals surface area contributed by atoms with Crippen molar-refractivity contribution in [3.63, 3.8) is 0 Å². The van der Waals surface area contributed by atoms with Gasteiger partial charge in [0, 0.05) is 16.6 Å². The van der Waals surface area contributed by atoms with Crippen LogP contribution in [0.1, 0.15) is 16.2 Å². The van der Waals surface area contributed by atoms with Gasteiger partial charge in [-0.05, 0) is 23.8 Å². The monoisotopic (exact) mass is 460 g/mol. The predicted molar refractivity (Wildman–Crippen MR) is 120 cm³/mol. The molecule has 0 unspecified atom stereocenters. The number of carboxylic acid groups (broad SMARTS) is 1. The molecule has 0 fully saturated rings. The number of ether oxygens (including phenoxy) is 1. The van der Waals surface area contributed by atoms with E-state index in [9.17, 15) is 14.4 Å². The van der Waals surface area contributed by atoms with Gasteiger partial charge in [0.2, 0.25) is 5.82 Å². The van der Waals surface area contributed by atoms with Crippen molar-refractivity contribution >= 4 is 61.6 Å². The van der Waals surface area contributed by atoms with Crippen LogP contribution in [-0.2, 0) is 11.3 Å². The molecule has 9 nitrogen and oxygen atoms in total. The van der Waals surface area contributed by atoms with Gasteiger partial charge in [-0.1, -0.05) is 24.3 Å². The van der Waals surface area contributed by atoms with Gasteiger partial charge in [-0.2, -0.15) is 0 Å². The largest absolute Gasteiger partial charge is 0.482 e. The summed E-state index contributed by atoms with van der Waals surface area (Å²) in [5.74, 6) is -0.978. The first-order chi connectivity index (χ1) is 14.5. The van der Waals surface area contributed by atoms with Crippen LogP contribution >= 0.6 is 23.7 Å². The number of hydrogen-bond acceptors (Lipinski definition) is 7. The Labute approximate surface area is 185 Å². The fourth-order valence-corrected chi connectivity index (χ4v) is 4.07. The highest BCUT2D eigenvalue weighted by Crippen LogP contribution is 2.30. The number of aromatic nitrogens is 2. The Balaban J connectivity index is 0.000000176. The molecule has 0 aliphatic carbocycles. The number of nitrogens with zero attached hydrogens (tertiary/aromatic N) is 1. The zero-order valence-corrected chi connectivity index (χ0v) is 17.5. The second-order valence-electron chi connectivity index (χ2n) is 6.37. The van der Waals surface area contributed by atoms with E-state index in [0.717, 1.165) is 15.6 Å². The number of aromatic amines is 1. The highest BCUT2D eigenvalue weighted by atomic mass is 35.5. The molecule has 0 atom stereocenters. The molecule has 11 heteroatoms. The van der Waals surface area contributed by atoms with Gasteiger partial charge in [-0.3, -0.25) is 9.59 Å². The average Bonchev–Trinajstić information content (AvgIpc) is 3.12. The Bertz CT molecular complexity index is 1350. The third-order valence-corrected chi connectivity index (χ3v) is 5.43. The number of carboxylic acids is 1. The van der Waals surface area contributed by atoms with Crippen LogP contribution in [-0.4, -0.2) is 33.6 Å². The molecular weight excluding hydrogens is 444 g/mol. The van der Waals surface area contributed by atoms with Crippen LogP contribution in [0.3, 0.4) is 0 Å². The maximum absolute atomic E-state index is 11.8. The van der Waals surface area contributed by atoms with E-state index in [4.69, 9.17) is 15.6 Å². The van der Waals surface area contributed by atoms with Crippen molar-refractivity contribution in [2.45, 2.75) is 6.54 Å². The zero-order valence-electron chi connectivity index (χ0n) is 15.9. The smallest absolute Gasteiger partial charge is 0.372 e. The Morgan fingerprint density at radius 1 is 1.23 bits per heavy atom. The molecule has 3 heterocycles. The minimum Gasteiger partial charge on any atom is -0.482 e. The van der Waals surface area contributed by atoms with Crippen molar-refractivity contribution in [3.8, 4) is 5.75 Å². The predicted octanol–water partition coefficient (Wildman–Crippen LogP) is 2.73. The first-order valence-corrected chi connectivity index (χ1v) is 9.68. The summed E-state index contributed by atoms with van der Waals surface area (Å²) in [6, 6.07) is 12.9. The summed E-state index contributed by atoms with van der Waals surface area (Å²) in [4.78, 5) is 40.2. The molecule has 31 heavy (non-hydrogen) atoms. The van der Waals surface area contributed by atoms with Gasteiger partial charge in [0.05, 0.1) is 11.1 Å². The molecule has 2 aromatic carbocycles. The second-order valence-corrected chi connectivity index (χ2v) is 7.40. The van der Waals surface area contributed by atoms with Gasteiger partial charge in [0.25, 0.3) is 11.5 Å². The normalized spacial score (nSPS) is 12.1. The minimum absolute atomic E-state index is 0. The molecule has 5 rings (SSSR count). The molecule has 0 bridgehead atoms. The number of amides is 1. The quantitative estimate of drug-likeness (QED) is 0.359. The van der Waals surface area contributed by atoms with E-state index in [2.05, 4.69) is 15.3 Å². The van der Waals surface area contributed by atoms with Crippen LogP contribution in [0, 0.1) is 0 Å². The van der Waals surface area contributed by atoms with Crippen LogP contribution in [0.25, 0.3) is 20.3 Å². The topological polar surface area (TPSA) is 147 Å². The third kappa shape index (κ3) is 4.50. The van der Waals surface area contributed by atoms with Crippen molar-refractivity contribution < 1.29 is 19.4 Å². The van der Waals surface area contributed by atoms with E-state index < -0.39 is 11.5 Å². The Hall–Kier alpha value is -3.47. The summed E-state index contributed by atoms with van der Waals surface area (Å²) in [6.07, 6.45) is 0. The van der Waals surface area contributed by atoms with E-state index in [-0.39, 0.29) is 30.7 Å². The van der Waals surface area contributed by atoms with Gasteiger partial charge in [0.1, 0.15) is 10.6 Å². The highest BCUT2D eigenvalue weighted by molar-refractivity contribution is 7.25. The van der Waals surface area contributed by atoms with Crippen molar-refractivity contribution in [3.05, 3.63) is 64.2 Å². The van der Waals surface area contributed by atoms with Crippen molar-refractivity contribution in [1.29, 1.82) is 0 Å². The lowest BCUT2D eigenvalue weighted by Gasteiger charge is -2.18. The minimum atomic E-state index is -1.23. The van der Waals surface area contributed by atoms with E-state index in [1.807, 2.05) is 42.5 Å². The number of anilines is 1. The van der Waals surface area contributed by atoms with Crippen molar-refractivity contribution in [2.24, 2.45) is 5.73 Å². The number of halogens is 1. The number of benzene rings is 2. The molecule has 5 N–H and O–H groups in total. The molecule has 4 aromatic rings. The van der Waals surface area contributed by atoms with Crippen molar-refractivity contribution in [2.75, 3.05) is 11.9 Å². The number of carbonyl (C=O) groups is 2. The fraction of sp³-hybridized carbons (Fsp3) is 0.100. The number of thiophene rings is 1. The van der Waals surface area contributed by atoms with Crippen LogP contribution in [0.5, 0.6) is 5.75 Å². The molecule has 0 saturated carbocycles. The first-order valence-electron chi connectivity index (χ1n) is 8.86. The Kier molecular flexibility index (Phi) is 6.54. The van der Waals surface area contributed by atoms with Gasteiger partial charge < -0.3 is 25.9 Å². The molecule has 1 amide bonds. The van der Waals surface area contributed by atoms with Crippen molar-refractivity contribution in [1.82, 2.24) is 9.97 Å². The van der Waals surface area contributed by atoms with Crippen LogP contribution in [0.2, 0.25) is 0 Å². The number of aromatic carboxylic acids is 1. The highest BCUT2D eigenvalue weighted by Gasteiger charge is 2.15. The SMILES string of the molecule is Cl.NCc1ccc2c(c1)NC(=O)CO2.O=C(O)c1nc2sc3ccccc3c2c(=O)[nH]1. The van der Waals surface area contributed by atoms with Gasteiger partial charge >= 0.3 is 5.97 Å². The molecule has 0 saturated heterocycles. The summed E-state index contributed by atoms with van der Waals surface area (Å²) in [6.45, 7) is 0.554. The lowest BCUT2D eigenvalue weighted by atomic mass is 10.1. The van der Waals surface area contributed by atoms with E-state index >= 15 is 0 Å². The Morgan fingerprint density at radius 2 is 2.00 bits per heavy atom. The maximum Gasteiger partial charge on any atom is 0.372 e. The fourth-order valence-electron chi connectivity index (χ4n) is 2.99. The second kappa shape index (κ2) is 9.13. The molecule has 1 aliphatic heterocycles. The summed E-state index contributed by atoms with van der Waals surface area (Å²) >= 11 is 1.31. The number of hydrogen-bond donors (Lipinski definition) is 4. The molecule has 1 aliphatic rings. The molecule has 160 valence electrons. The summed E-state index contributed by atoms with van der Waals surface area (Å²) in [7, 11) is 0. The summed E-state index contributed by atoms with van der Waals surface area (Å²) < 4.78 is 6.10. The summed E-state index contributed by atoms with van der Waals surface area (Å²) in [5, 5.41) is 12.8. The number of fused-ring (bicyclic) bond motifs is 4. The average molecular weight is 461 g/mol. The lowest BCUT2D eigenvalue weighted by molar-refractivity contribution is -0.118. The van der Waals surface area contributed by atoms with Gasteiger partial charge in [-0.15, -0.1) is 23.7 Å². The number of H-pyrrole nitrogens is 1. The molecular formula is C20H17ClN4O5S. The first kappa shape index (κ1) is 22.2. The summed E-state index contributed by atoms with van der Waals surface area (Å²) in [5.41, 5.74) is 6.74. The van der Waals surface area contributed by atoms with E-state index in [1.165, 1.54) is 11.3 Å². The maximum atomic E-state index is 11.8.